The summed E-state index contributed by atoms with van der Waals surface area (Å²) in [6.45, 7) is 2.01. The van der Waals surface area contributed by atoms with E-state index in [0.29, 0.717) is 0 Å². The van der Waals surface area contributed by atoms with E-state index in [-0.39, 0.29) is 5.91 Å². The van der Waals surface area contributed by atoms with E-state index in [2.05, 4.69) is 5.32 Å². The standard InChI is InChI=1S/C18H19NO2S/c1-13-8-10-16(21-2)14(12-13)9-11-18(20)19-15-6-4-5-7-17(15)22-3/h4-12H,1-3H3,(H,19,20)/b11-9+. The second-order valence-electron chi connectivity index (χ2n) is 4.77. The van der Waals surface area contributed by atoms with E-state index in [0.717, 1.165) is 27.5 Å². The Morgan fingerprint density at radius 3 is 2.73 bits per heavy atom. The third-order valence-corrected chi connectivity index (χ3v) is 3.96. The van der Waals surface area contributed by atoms with E-state index < -0.39 is 0 Å². The van der Waals surface area contributed by atoms with Crippen LogP contribution in [0.15, 0.2) is 53.4 Å². The summed E-state index contributed by atoms with van der Waals surface area (Å²) < 4.78 is 5.30. The number of aryl methyl sites for hydroxylation is 1. The van der Waals surface area contributed by atoms with Crippen molar-refractivity contribution in [3.63, 3.8) is 0 Å². The minimum absolute atomic E-state index is 0.162. The van der Waals surface area contributed by atoms with Gasteiger partial charge in [0.15, 0.2) is 0 Å². The van der Waals surface area contributed by atoms with Gasteiger partial charge in [-0.25, -0.2) is 0 Å². The molecule has 0 atom stereocenters. The van der Waals surface area contributed by atoms with Crippen molar-refractivity contribution in [2.75, 3.05) is 18.7 Å². The van der Waals surface area contributed by atoms with Gasteiger partial charge in [-0.1, -0.05) is 23.8 Å². The number of benzene rings is 2. The van der Waals surface area contributed by atoms with E-state index in [1.807, 2.05) is 55.6 Å². The molecule has 4 heteroatoms. The van der Waals surface area contributed by atoms with Gasteiger partial charge in [-0.3, -0.25) is 4.79 Å². The van der Waals surface area contributed by atoms with Gasteiger partial charge in [0, 0.05) is 16.5 Å². The number of amides is 1. The zero-order valence-corrected chi connectivity index (χ0v) is 13.7. The molecule has 2 aromatic carbocycles. The highest BCUT2D eigenvalue weighted by atomic mass is 32.2. The monoisotopic (exact) mass is 313 g/mol. The first-order chi connectivity index (χ1) is 10.6. The number of methoxy groups -OCH3 is 1. The van der Waals surface area contributed by atoms with E-state index in [4.69, 9.17) is 4.74 Å². The summed E-state index contributed by atoms with van der Waals surface area (Å²) in [5.41, 5.74) is 2.82. The van der Waals surface area contributed by atoms with Crippen molar-refractivity contribution in [2.45, 2.75) is 11.8 Å². The topological polar surface area (TPSA) is 38.3 Å². The molecule has 2 rings (SSSR count). The number of para-hydroxylation sites is 1. The number of hydrogen-bond donors (Lipinski definition) is 1. The first-order valence-corrected chi connectivity index (χ1v) is 8.13. The van der Waals surface area contributed by atoms with Gasteiger partial charge < -0.3 is 10.1 Å². The van der Waals surface area contributed by atoms with Crippen LogP contribution in [0.2, 0.25) is 0 Å². The maximum Gasteiger partial charge on any atom is 0.248 e. The van der Waals surface area contributed by atoms with Crippen molar-refractivity contribution >= 4 is 29.4 Å². The molecule has 0 aliphatic carbocycles. The zero-order chi connectivity index (χ0) is 15.9. The molecule has 1 N–H and O–H groups in total. The predicted molar refractivity (Wildman–Crippen MR) is 93.6 cm³/mol. The van der Waals surface area contributed by atoms with Crippen LogP contribution in [0.1, 0.15) is 11.1 Å². The molecule has 0 aliphatic rings. The maximum atomic E-state index is 12.1. The van der Waals surface area contributed by atoms with Gasteiger partial charge in [0.2, 0.25) is 5.91 Å². The molecule has 0 spiro atoms. The average Bonchev–Trinajstić information content (AvgIpc) is 2.53. The molecular weight excluding hydrogens is 294 g/mol. The molecule has 0 saturated carbocycles. The number of ether oxygens (including phenoxy) is 1. The Kier molecular flexibility index (Phi) is 5.67. The van der Waals surface area contributed by atoms with Gasteiger partial charge in [-0.15, -0.1) is 11.8 Å². The molecule has 3 nitrogen and oxygen atoms in total. The molecule has 1 amide bonds. The molecule has 0 heterocycles. The highest BCUT2D eigenvalue weighted by Crippen LogP contribution is 2.25. The molecule has 22 heavy (non-hydrogen) atoms. The van der Waals surface area contributed by atoms with E-state index >= 15 is 0 Å². The molecule has 0 fully saturated rings. The number of nitrogens with one attached hydrogen (secondary N) is 1. The second kappa shape index (κ2) is 7.71. The van der Waals surface area contributed by atoms with Crippen molar-refractivity contribution in [3.8, 4) is 5.75 Å². The Hall–Kier alpha value is -2.20. The Morgan fingerprint density at radius 1 is 1.23 bits per heavy atom. The van der Waals surface area contributed by atoms with Gasteiger partial charge >= 0.3 is 0 Å². The van der Waals surface area contributed by atoms with Gasteiger partial charge in [-0.2, -0.15) is 0 Å². The Morgan fingerprint density at radius 2 is 2.00 bits per heavy atom. The summed E-state index contributed by atoms with van der Waals surface area (Å²) in [5.74, 6) is 0.587. The molecule has 2 aromatic rings. The van der Waals surface area contributed by atoms with Gasteiger partial charge in [-0.05, 0) is 43.5 Å². The largest absolute Gasteiger partial charge is 0.496 e. The third kappa shape index (κ3) is 4.15. The number of thioether (sulfide) groups is 1. The van der Waals surface area contributed by atoms with Crippen molar-refractivity contribution in [3.05, 3.63) is 59.7 Å². The Labute approximate surface area is 135 Å². The summed E-state index contributed by atoms with van der Waals surface area (Å²) in [4.78, 5) is 13.1. The highest BCUT2D eigenvalue weighted by Gasteiger charge is 2.04. The highest BCUT2D eigenvalue weighted by molar-refractivity contribution is 7.98. The van der Waals surface area contributed by atoms with Crippen molar-refractivity contribution in [1.82, 2.24) is 0 Å². The molecular formula is C18H19NO2S. The summed E-state index contributed by atoms with van der Waals surface area (Å²) in [6.07, 6.45) is 5.27. The first-order valence-electron chi connectivity index (χ1n) is 6.90. The molecule has 0 saturated heterocycles. The van der Waals surface area contributed by atoms with Crippen LogP contribution >= 0.6 is 11.8 Å². The van der Waals surface area contributed by atoms with E-state index in [9.17, 15) is 4.79 Å². The van der Waals surface area contributed by atoms with Crippen molar-refractivity contribution in [1.29, 1.82) is 0 Å². The van der Waals surface area contributed by atoms with Crippen LogP contribution in [0.3, 0.4) is 0 Å². The number of anilines is 1. The molecule has 0 bridgehead atoms. The molecule has 0 unspecified atom stereocenters. The van der Waals surface area contributed by atoms with E-state index in [1.54, 1.807) is 24.9 Å². The minimum Gasteiger partial charge on any atom is -0.496 e. The zero-order valence-electron chi connectivity index (χ0n) is 12.9. The van der Waals surface area contributed by atoms with Crippen LogP contribution in [0, 0.1) is 6.92 Å². The summed E-state index contributed by atoms with van der Waals surface area (Å²) in [7, 11) is 1.62. The fraction of sp³-hybridized carbons (Fsp3) is 0.167. The Bertz CT molecular complexity index is 695. The minimum atomic E-state index is -0.162. The Balaban J connectivity index is 2.13. The van der Waals surface area contributed by atoms with Crippen LogP contribution in [0.4, 0.5) is 5.69 Å². The lowest BCUT2D eigenvalue weighted by Gasteiger charge is -2.08. The molecule has 0 aromatic heterocycles. The lowest BCUT2D eigenvalue weighted by Crippen LogP contribution is -2.08. The maximum absolute atomic E-state index is 12.1. The number of carbonyl (C=O) groups is 1. The lowest BCUT2D eigenvalue weighted by atomic mass is 10.1. The SMILES string of the molecule is COc1ccc(C)cc1/C=C/C(=O)Nc1ccccc1SC. The van der Waals surface area contributed by atoms with Crippen LogP contribution in [0.5, 0.6) is 5.75 Å². The molecule has 0 radical (unpaired) electrons. The van der Waals surface area contributed by atoms with E-state index in [1.165, 1.54) is 6.08 Å². The summed E-state index contributed by atoms with van der Waals surface area (Å²) in [6, 6.07) is 13.6. The predicted octanol–water partition coefficient (Wildman–Crippen LogP) is 4.38. The number of hydrogen-bond acceptors (Lipinski definition) is 3. The smallest absolute Gasteiger partial charge is 0.248 e. The second-order valence-corrected chi connectivity index (χ2v) is 5.62. The third-order valence-electron chi connectivity index (χ3n) is 3.16. The van der Waals surface area contributed by atoms with Crippen molar-refractivity contribution < 1.29 is 9.53 Å². The number of rotatable bonds is 5. The lowest BCUT2D eigenvalue weighted by molar-refractivity contribution is -0.111. The fourth-order valence-corrected chi connectivity index (χ4v) is 2.63. The normalized spacial score (nSPS) is 10.7. The first kappa shape index (κ1) is 16.2. The fourth-order valence-electron chi connectivity index (χ4n) is 2.07. The van der Waals surface area contributed by atoms with Crippen LogP contribution < -0.4 is 10.1 Å². The van der Waals surface area contributed by atoms with Crippen LogP contribution in [-0.2, 0) is 4.79 Å². The summed E-state index contributed by atoms with van der Waals surface area (Å²) >= 11 is 1.60. The quantitative estimate of drug-likeness (QED) is 0.657. The van der Waals surface area contributed by atoms with Crippen LogP contribution in [0.25, 0.3) is 6.08 Å². The van der Waals surface area contributed by atoms with Crippen molar-refractivity contribution in [2.24, 2.45) is 0 Å². The average molecular weight is 313 g/mol. The molecule has 0 aliphatic heterocycles. The van der Waals surface area contributed by atoms with Gasteiger partial charge in [0.1, 0.15) is 5.75 Å². The summed E-state index contributed by atoms with van der Waals surface area (Å²) in [5, 5.41) is 2.90. The molecule has 114 valence electrons. The van der Waals surface area contributed by atoms with Gasteiger partial charge in [0.25, 0.3) is 0 Å². The van der Waals surface area contributed by atoms with Crippen LogP contribution in [-0.4, -0.2) is 19.3 Å². The van der Waals surface area contributed by atoms with Gasteiger partial charge in [0.05, 0.1) is 12.8 Å². The number of carbonyl (C=O) groups excluding carboxylic acids is 1.